The third-order valence-corrected chi connectivity index (χ3v) is 5.64. The van der Waals surface area contributed by atoms with E-state index >= 15 is 0 Å². The molecule has 6 heteroatoms. The van der Waals surface area contributed by atoms with Gasteiger partial charge in [-0.05, 0) is 47.4 Å². The number of nitrogens with one attached hydrogen (secondary N) is 1. The summed E-state index contributed by atoms with van der Waals surface area (Å²) in [6, 6.07) is 20.4. The van der Waals surface area contributed by atoms with Crippen molar-refractivity contribution in [3.63, 3.8) is 0 Å². The van der Waals surface area contributed by atoms with Crippen LogP contribution in [0.5, 0.6) is 0 Å². The van der Waals surface area contributed by atoms with E-state index in [2.05, 4.69) is 5.32 Å². The van der Waals surface area contributed by atoms with Gasteiger partial charge in [-0.25, -0.2) is 8.78 Å². The Bertz CT molecular complexity index is 1050. The number of unbranched alkanes of at least 4 members (excludes halogenated alkanes) is 1. The first-order chi connectivity index (χ1) is 16.5. The molecule has 34 heavy (non-hydrogen) atoms. The number of rotatable bonds is 11. The normalized spacial score (nSPS) is 11.6. The third-order valence-electron chi connectivity index (χ3n) is 5.64. The molecule has 3 aromatic carbocycles. The number of halogens is 2. The lowest BCUT2D eigenvalue weighted by atomic mass is 10.0. The van der Waals surface area contributed by atoms with Gasteiger partial charge in [-0.1, -0.05) is 67.9 Å². The van der Waals surface area contributed by atoms with Crippen LogP contribution in [-0.4, -0.2) is 29.3 Å². The Morgan fingerprint density at radius 2 is 1.41 bits per heavy atom. The minimum absolute atomic E-state index is 0.0228. The van der Waals surface area contributed by atoms with Gasteiger partial charge in [0.25, 0.3) is 0 Å². The molecule has 2 amide bonds. The first-order valence-corrected chi connectivity index (χ1v) is 11.6. The maximum absolute atomic E-state index is 13.5. The van der Waals surface area contributed by atoms with Crippen molar-refractivity contribution < 1.29 is 18.4 Å². The monoisotopic (exact) mass is 464 g/mol. The number of benzene rings is 3. The second-order valence-corrected chi connectivity index (χ2v) is 8.30. The first-order valence-electron chi connectivity index (χ1n) is 11.6. The molecule has 0 radical (unpaired) electrons. The molecular weight excluding hydrogens is 434 g/mol. The summed E-state index contributed by atoms with van der Waals surface area (Å²) in [5.74, 6) is -1.24. The molecular formula is C28H30F2N2O2. The van der Waals surface area contributed by atoms with E-state index in [-0.39, 0.29) is 36.4 Å². The van der Waals surface area contributed by atoms with Gasteiger partial charge in [0.2, 0.25) is 11.8 Å². The Balaban J connectivity index is 1.92. The quantitative estimate of drug-likeness (QED) is 0.403. The van der Waals surface area contributed by atoms with E-state index < -0.39 is 6.04 Å². The lowest BCUT2D eigenvalue weighted by Crippen LogP contribution is -2.51. The zero-order valence-corrected chi connectivity index (χ0v) is 19.3. The number of hydrogen-bond donors (Lipinski definition) is 1. The van der Waals surface area contributed by atoms with E-state index in [0.717, 1.165) is 18.4 Å². The van der Waals surface area contributed by atoms with Crippen LogP contribution in [0.2, 0.25) is 0 Å². The van der Waals surface area contributed by atoms with Gasteiger partial charge in [-0.2, -0.15) is 0 Å². The Morgan fingerprint density at radius 3 is 2.00 bits per heavy atom. The van der Waals surface area contributed by atoms with E-state index in [1.54, 1.807) is 29.2 Å². The Kier molecular flexibility index (Phi) is 9.32. The molecule has 0 fully saturated rings. The van der Waals surface area contributed by atoms with Crippen LogP contribution < -0.4 is 5.32 Å². The van der Waals surface area contributed by atoms with Gasteiger partial charge in [0, 0.05) is 19.5 Å². The molecule has 0 spiro atoms. The second-order valence-electron chi connectivity index (χ2n) is 8.30. The molecule has 0 bridgehead atoms. The molecule has 3 rings (SSSR count). The molecule has 3 aromatic rings. The fraction of sp³-hybridized carbons (Fsp3) is 0.286. The van der Waals surface area contributed by atoms with Gasteiger partial charge < -0.3 is 10.2 Å². The maximum Gasteiger partial charge on any atom is 0.243 e. The summed E-state index contributed by atoms with van der Waals surface area (Å²) in [6.45, 7) is 2.72. The Labute approximate surface area is 199 Å². The zero-order chi connectivity index (χ0) is 24.3. The predicted molar refractivity (Wildman–Crippen MR) is 129 cm³/mol. The highest BCUT2D eigenvalue weighted by Gasteiger charge is 2.30. The molecule has 1 atom stereocenters. The van der Waals surface area contributed by atoms with Crippen LogP contribution >= 0.6 is 0 Å². The molecule has 0 aliphatic carbocycles. The van der Waals surface area contributed by atoms with Crippen LogP contribution in [0.15, 0.2) is 78.9 Å². The highest BCUT2D eigenvalue weighted by Crippen LogP contribution is 2.17. The van der Waals surface area contributed by atoms with Crippen molar-refractivity contribution in [2.45, 2.75) is 45.2 Å². The van der Waals surface area contributed by atoms with Crippen LogP contribution in [-0.2, 0) is 29.0 Å². The molecule has 0 unspecified atom stereocenters. The van der Waals surface area contributed by atoms with Crippen LogP contribution in [0, 0.1) is 11.6 Å². The molecule has 178 valence electrons. The van der Waals surface area contributed by atoms with Gasteiger partial charge in [-0.15, -0.1) is 0 Å². The molecule has 0 saturated heterocycles. The standard InChI is InChI=1S/C28H30F2N2O2/c1-2-3-17-31-28(34)26(18-21-7-5-4-6-8-21)32(20-23-11-15-25(30)16-12-23)27(33)19-22-9-13-24(29)14-10-22/h4-16,26H,2-3,17-20H2,1H3,(H,31,34)/t26-/m1/s1. The van der Waals surface area contributed by atoms with Gasteiger partial charge in [0.1, 0.15) is 17.7 Å². The minimum Gasteiger partial charge on any atom is -0.354 e. The lowest BCUT2D eigenvalue weighted by molar-refractivity contribution is -0.140. The summed E-state index contributed by atoms with van der Waals surface area (Å²) in [6.07, 6.45) is 2.14. The van der Waals surface area contributed by atoms with Crippen molar-refractivity contribution in [3.8, 4) is 0 Å². The van der Waals surface area contributed by atoms with Crippen molar-refractivity contribution in [3.05, 3.63) is 107 Å². The van der Waals surface area contributed by atoms with Crippen molar-refractivity contribution in [2.24, 2.45) is 0 Å². The molecule has 0 saturated carbocycles. The van der Waals surface area contributed by atoms with E-state index in [1.165, 1.54) is 24.3 Å². The van der Waals surface area contributed by atoms with Gasteiger partial charge in [-0.3, -0.25) is 9.59 Å². The van der Waals surface area contributed by atoms with Crippen molar-refractivity contribution in [1.29, 1.82) is 0 Å². The Hall–Kier alpha value is -3.54. The van der Waals surface area contributed by atoms with Crippen molar-refractivity contribution in [2.75, 3.05) is 6.54 Å². The maximum atomic E-state index is 13.5. The van der Waals surface area contributed by atoms with Crippen LogP contribution in [0.25, 0.3) is 0 Å². The van der Waals surface area contributed by atoms with Gasteiger partial charge in [0.05, 0.1) is 6.42 Å². The van der Waals surface area contributed by atoms with E-state index in [4.69, 9.17) is 0 Å². The SMILES string of the molecule is CCCCNC(=O)[C@@H](Cc1ccccc1)N(Cc1ccc(F)cc1)C(=O)Cc1ccc(F)cc1. The van der Waals surface area contributed by atoms with Crippen molar-refractivity contribution in [1.82, 2.24) is 10.2 Å². The summed E-state index contributed by atoms with van der Waals surface area (Å²) in [5.41, 5.74) is 2.30. The van der Waals surface area contributed by atoms with Crippen molar-refractivity contribution >= 4 is 11.8 Å². The number of hydrogen-bond acceptors (Lipinski definition) is 2. The molecule has 0 aliphatic rings. The zero-order valence-electron chi connectivity index (χ0n) is 19.3. The molecule has 0 heterocycles. The summed E-state index contributed by atoms with van der Waals surface area (Å²) >= 11 is 0. The van der Waals surface area contributed by atoms with E-state index in [1.807, 2.05) is 37.3 Å². The van der Waals surface area contributed by atoms with E-state index in [0.29, 0.717) is 24.1 Å². The number of carbonyl (C=O) groups excluding carboxylic acids is 2. The minimum atomic E-state index is -0.753. The van der Waals surface area contributed by atoms with Crippen LogP contribution in [0.1, 0.15) is 36.5 Å². The number of carbonyl (C=O) groups is 2. The van der Waals surface area contributed by atoms with Crippen LogP contribution in [0.3, 0.4) is 0 Å². The van der Waals surface area contributed by atoms with E-state index in [9.17, 15) is 18.4 Å². The largest absolute Gasteiger partial charge is 0.354 e. The summed E-state index contributed by atoms with van der Waals surface area (Å²) in [7, 11) is 0. The number of nitrogens with zero attached hydrogens (tertiary/aromatic N) is 1. The average molecular weight is 465 g/mol. The molecule has 0 aliphatic heterocycles. The van der Waals surface area contributed by atoms with Gasteiger partial charge in [0.15, 0.2) is 0 Å². The topological polar surface area (TPSA) is 49.4 Å². The summed E-state index contributed by atoms with van der Waals surface area (Å²) in [4.78, 5) is 28.4. The number of amides is 2. The summed E-state index contributed by atoms with van der Waals surface area (Å²) < 4.78 is 26.8. The second kappa shape index (κ2) is 12.6. The fourth-order valence-electron chi connectivity index (χ4n) is 3.73. The average Bonchev–Trinajstić information content (AvgIpc) is 2.84. The highest BCUT2D eigenvalue weighted by molar-refractivity contribution is 5.88. The molecule has 1 N–H and O–H groups in total. The lowest BCUT2D eigenvalue weighted by Gasteiger charge is -2.31. The molecule has 4 nitrogen and oxygen atoms in total. The first kappa shape index (κ1) is 25.1. The Morgan fingerprint density at radius 1 is 0.824 bits per heavy atom. The van der Waals surface area contributed by atoms with Crippen LogP contribution in [0.4, 0.5) is 8.78 Å². The molecule has 0 aromatic heterocycles. The fourth-order valence-corrected chi connectivity index (χ4v) is 3.73. The highest BCUT2D eigenvalue weighted by atomic mass is 19.1. The third kappa shape index (κ3) is 7.51. The summed E-state index contributed by atoms with van der Waals surface area (Å²) in [5, 5.41) is 2.96. The smallest absolute Gasteiger partial charge is 0.243 e. The van der Waals surface area contributed by atoms with Gasteiger partial charge >= 0.3 is 0 Å². The predicted octanol–water partition coefficient (Wildman–Crippen LogP) is 5.06.